The van der Waals surface area contributed by atoms with Crippen LogP contribution < -0.4 is 4.90 Å². The molecule has 2 bridgehead atoms. The van der Waals surface area contributed by atoms with Crippen molar-refractivity contribution in [1.82, 2.24) is 4.31 Å². The molecule has 2 aromatic carbocycles. The topological polar surface area (TPSA) is 57.7 Å². The molecule has 2 saturated carbocycles. The summed E-state index contributed by atoms with van der Waals surface area (Å²) in [5, 5.41) is 0.487. The Morgan fingerprint density at radius 3 is 2.56 bits per heavy atom. The molecule has 2 aromatic rings. The average Bonchev–Trinajstić information content (AvgIpc) is 3.52. The third-order valence-electron chi connectivity index (χ3n) is 7.77. The van der Waals surface area contributed by atoms with Gasteiger partial charge < -0.3 is 4.90 Å². The lowest BCUT2D eigenvalue weighted by Crippen LogP contribution is -2.49. The highest BCUT2D eigenvalue weighted by molar-refractivity contribution is 7.89. The standard InChI is InChI=1S/C25H29ClN2O3S/c1-17(23-15-18-6-7-20(23)14-18)28(32(30,31)22-10-8-21(26)9-11-22)16-25(29)27-13-12-19-4-2-3-5-24(19)27/h2-5,8-11,17-18,20,23H,6-7,12-16H2,1H3/t17-,18-,20+,23-/m0/s1. The molecule has 1 heterocycles. The Kier molecular flexibility index (Phi) is 5.81. The summed E-state index contributed by atoms with van der Waals surface area (Å²) in [4.78, 5) is 15.4. The number of carbonyl (C=O) groups excluding carboxylic acids is 1. The summed E-state index contributed by atoms with van der Waals surface area (Å²) in [6.45, 7) is 2.44. The SMILES string of the molecule is C[C@@H]([C@@H]1C[C@H]2CC[C@@H]1C2)N(CC(=O)N1CCc2ccccc21)S(=O)(=O)c1ccc(Cl)cc1. The van der Waals surface area contributed by atoms with E-state index < -0.39 is 10.0 Å². The van der Waals surface area contributed by atoms with Crippen LogP contribution in [-0.4, -0.2) is 37.8 Å². The predicted molar refractivity (Wildman–Crippen MR) is 126 cm³/mol. The van der Waals surface area contributed by atoms with E-state index in [1.165, 1.54) is 35.7 Å². The first-order chi connectivity index (χ1) is 15.3. The molecule has 32 heavy (non-hydrogen) atoms. The normalized spacial score (nSPS) is 25.3. The molecule has 170 valence electrons. The highest BCUT2D eigenvalue weighted by Gasteiger charge is 2.46. The molecule has 0 spiro atoms. The number of sulfonamides is 1. The molecule has 0 aromatic heterocycles. The number of hydrogen-bond acceptors (Lipinski definition) is 3. The number of carbonyl (C=O) groups is 1. The molecular formula is C25H29ClN2O3S. The summed E-state index contributed by atoms with van der Waals surface area (Å²) >= 11 is 6.00. The van der Waals surface area contributed by atoms with E-state index in [4.69, 9.17) is 11.6 Å². The molecule has 0 N–H and O–H groups in total. The molecule has 2 fully saturated rings. The lowest BCUT2D eigenvalue weighted by atomic mass is 9.84. The monoisotopic (exact) mass is 472 g/mol. The van der Waals surface area contributed by atoms with Gasteiger partial charge in [0.05, 0.1) is 11.4 Å². The van der Waals surface area contributed by atoms with Crippen LogP contribution in [0.5, 0.6) is 0 Å². The van der Waals surface area contributed by atoms with Crippen LogP contribution in [0.25, 0.3) is 0 Å². The third-order valence-corrected chi connectivity index (χ3v) is 9.97. The van der Waals surface area contributed by atoms with Crippen LogP contribution >= 0.6 is 11.6 Å². The van der Waals surface area contributed by atoms with Crippen LogP contribution in [0, 0.1) is 17.8 Å². The number of amides is 1. The first-order valence-electron chi connectivity index (χ1n) is 11.5. The minimum atomic E-state index is -3.85. The Hall–Kier alpha value is -1.89. The minimum Gasteiger partial charge on any atom is -0.311 e. The van der Waals surface area contributed by atoms with E-state index in [-0.39, 0.29) is 23.4 Å². The zero-order valence-corrected chi connectivity index (χ0v) is 19.9. The van der Waals surface area contributed by atoms with Gasteiger partial charge in [-0.05, 0) is 86.3 Å². The number of nitrogens with zero attached hydrogens (tertiary/aromatic N) is 2. The maximum Gasteiger partial charge on any atom is 0.243 e. The van der Waals surface area contributed by atoms with Crippen LogP contribution in [0.2, 0.25) is 5.02 Å². The van der Waals surface area contributed by atoms with Gasteiger partial charge in [0.2, 0.25) is 15.9 Å². The second-order valence-electron chi connectivity index (χ2n) is 9.51. The molecule has 0 unspecified atom stereocenters. The molecule has 2 aliphatic carbocycles. The van der Waals surface area contributed by atoms with Gasteiger partial charge in [-0.25, -0.2) is 8.42 Å². The fraction of sp³-hybridized carbons (Fsp3) is 0.480. The summed E-state index contributed by atoms with van der Waals surface area (Å²) in [6, 6.07) is 13.9. The average molecular weight is 473 g/mol. The van der Waals surface area contributed by atoms with Crippen molar-refractivity contribution >= 4 is 33.2 Å². The van der Waals surface area contributed by atoms with Crippen molar-refractivity contribution in [3.8, 4) is 0 Å². The zero-order valence-electron chi connectivity index (χ0n) is 18.3. The minimum absolute atomic E-state index is 0.144. The van der Waals surface area contributed by atoms with Crippen LogP contribution in [-0.2, 0) is 21.2 Å². The van der Waals surface area contributed by atoms with E-state index in [2.05, 4.69) is 0 Å². The molecule has 0 saturated heterocycles. The van der Waals surface area contributed by atoms with E-state index in [9.17, 15) is 13.2 Å². The smallest absolute Gasteiger partial charge is 0.243 e. The van der Waals surface area contributed by atoms with Gasteiger partial charge in [-0.1, -0.05) is 36.2 Å². The van der Waals surface area contributed by atoms with Crippen molar-refractivity contribution in [2.75, 3.05) is 18.0 Å². The summed E-state index contributed by atoms with van der Waals surface area (Å²) in [5.41, 5.74) is 2.03. The summed E-state index contributed by atoms with van der Waals surface area (Å²) in [5.74, 6) is 1.39. The molecule has 0 radical (unpaired) electrons. The van der Waals surface area contributed by atoms with Gasteiger partial charge in [-0.15, -0.1) is 0 Å². The van der Waals surface area contributed by atoms with Crippen LogP contribution in [0.4, 0.5) is 5.69 Å². The second kappa shape index (κ2) is 8.47. The van der Waals surface area contributed by atoms with E-state index >= 15 is 0 Å². The number of fused-ring (bicyclic) bond motifs is 3. The lowest BCUT2D eigenvalue weighted by Gasteiger charge is -2.36. The molecule has 5 rings (SSSR count). The lowest BCUT2D eigenvalue weighted by molar-refractivity contribution is -0.119. The molecule has 5 nitrogen and oxygen atoms in total. The highest BCUT2D eigenvalue weighted by Crippen LogP contribution is 2.50. The van der Waals surface area contributed by atoms with Crippen molar-refractivity contribution in [2.24, 2.45) is 17.8 Å². The van der Waals surface area contributed by atoms with Crippen molar-refractivity contribution < 1.29 is 13.2 Å². The first kappa shape index (κ1) is 21.9. The van der Waals surface area contributed by atoms with Crippen LogP contribution in [0.3, 0.4) is 0 Å². The van der Waals surface area contributed by atoms with Crippen molar-refractivity contribution in [3.63, 3.8) is 0 Å². The summed E-state index contributed by atoms with van der Waals surface area (Å²) in [7, 11) is -3.85. The maximum absolute atomic E-state index is 13.8. The Balaban J connectivity index is 1.45. The predicted octanol–water partition coefficient (Wildman–Crippen LogP) is 4.74. The molecular weight excluding hydrogens is 444 g/mol. The second-order valence-corrected chi connectivity index (χ2v) is 11.8. The van der Waals surface area contributed by atoms with E-state index in [1.807, 2.05) is 31.2 Å². The molecule has 1 aliphatic heterocycles. The van der Waals surface area contributed by atoms with E-state index in [0.29, 0.717) is 29.3 Å². The molecule has 3 aliphatic rings. The zero-order chi connectivity index (χ0) is 22.5. The van der Waals surface area contributed by atoms with E-state index in [0.717, 1.165) is 24.1 Å². The number of halogens is 1. The Morgan fingerprint density at radius 2 is 1.88 bits per heavy atom. The van der Waals surface area contributed by atoms with Crippen LogP contribution in [0.15, 0.2) is 53.4 Å². The Morgan fingerprint density at radius 1 is 1.12 bits per heavy atom. The van der Waals surface area contributed by atoms with Gasteiger partial charge in [-0.3, -0.25) is 4.79 Å². The molecule has 4 atom stereocenters. The van der Waals surface area contributed by atoms with Gasteiger partial charge >= 0.3 is 0 Å². The maximum atomic E-state index is 13.8. The summed E-state index contributed by atoms with van der Waals surface area (Å²) in [6.07, 6.45) is 5.47. The number of hydrogen-bond donors (Lipinski definition) is 0. The fourth-order valence-corrected chi connectivity index (χ4v) is 7.86. The van der Waals surface area contributed by atoms with Gasteiger partial charge in [0.1, 0.15) is 0 Å². The van der Waals surface area contributed by atoms with Crippen LogP contribution in [0.1, 0.15) is 38.2 Å². The number of anilines is 1. The largest absolute Gasteiger partial charge is 0.311 e. The van der Waals surface area contributed by atoms with Gasteiger partial charge in [0.25, 0.3) is 0 Å². The number of rotatable bonds is 6. The highest BCUT2D eigenvalue weighted by atomic mass is 35.5. The van der Waals surface area contributed by atoms with Crippen molar-refractivity contribution in [2.45, 2.75) is 50.0 Å². The molecule has 1 amide bonds. The van der Waals surface area contributed by atoms with Gasteiger partial charge in [0, 0.05) is 23.3 Å². The summed E-state index contributed by atoms with van der Waals surface area (Å²) < 4.78 is 29.0. The van der Waals surface area contributed by atoms with Crippen molar-refractivity contribution in [1.29, 1.82) is 0 Å². The quantitative estimate of drug-likeness (QED) is 0.609. The fourth-order valence-electron chi connectivity index (χ4n) is 6.10. The van der Waals surface area contributed by atoms with Gasteiger partial charge in [0.15, 0.2) is 0 Å². The van der Waals surface area contributed by atoms with Gasteiger partial charge in [-0.2, -0.15) is 4.31 Å². The number of benzene rings is 2. The van der Waals surface area contributed by atoms with Crippen molar-refractivity contribution in [3.05, 3.63) is 59.1 Å². The Bertz CT molecular complexity index is 1120. The molecule has 7 heteroatoms. The number of para-hydroxylation sites is 1. The first-order valence-corrected chi connectivity index (χ1v) is 13.3. The van der Waals surface area contributed by atoms with E-state index in [1.54, 1.807) is 17.0 Å². The Labute approximate surface area is 195 Å². The third kappa shape index (κ3) is 3.87.